The van der Waals surface area contributed by atoms with E-state index in [4.69, 9.17) is 0 Å². The number of para-hydroxylation sites is 2. The van der Waals surface area contributed by atoms with E-state index in [2.05, 4.69) is 50.5 Å². The Morgan fingerprint density at radius 3 is 2.60 bits per heavy atom. The first kappa shape index (κ1) is 15.0. The number of nitrogens with one attached hydrogen (secondary N) is 1. The molecule has 0 aliphatic heterocycles. The van der Waals surface area contributed by atoms with Crippen molar-refractivity contribution in [3.63, 3.8) is 0 Å². The van der Waals surface area contributed by atoms with Crippen molar-refractivity contribution in [1.29, 1.82) is 0 Å². The summed E-state index contributed by atoms with van der Waals surface area (Å²) in [4.78, 5) is 7.59. The minimum absolute atomic E-state index is 0.692. The van der Waals surface area contributed by atoms with Crippen LogP contribution in [-0.2, 0) is 0 Å². The zero-order valence-electron chi connectivity index (χ0n) is 13.5. The summed E-state index contributed by atoms with van der Waals surface area (Å²) in [5.41, 5.74) is 3.04. The predicted molar refractivity (Wildman–Crippen MR) is 105 cm³/mol. The third-order valence-corrected chi connectivity index (χ3v) is 3.87. The third-order valence-electron chi connectivity index (χ3n) is 3.87. The maximum absolute atomic E-state index is 4.41. The highest BCUT2D eigenvalue weighted by atomic mass is 15.2. The summed E-state index contributed by atoms with van der Waals surface area (Å²) < 4.78 is 0. The molecule has 0 atom stereocenters. The van der Waals surface area contributed by atoms with Gasteiger partial charge in [0.15, 0.2) is 5.82 Å². The number of hydrogen-bond donors (Lipinski definition) is 1. The van der Waals surface area contributed by atoms with Crippen LogP contribution in [0.2, 0.25) is 0 Å². The average molecular weight is 324 g/mol. The number of H-pyrrole nitrogens is 1. The quantitative estimate of drug-likeness (QED) is 0.424. The Labute approximate surface area is 145 Å². The molecule has 0 amide bonds. The summed E-state index contributed by atoms with van der Waals surface area (Å²) in [6.45, 7) is 0. The van der Waals surface area contributed by atoms with Crippen molar-refractivity contribution in [3.05, 3.63) is 84.2 Å². The van der Waals surface area contributed by atoms with Crippen LogP contribution in [-0.4, -0.2) is 22.4 Å². The highest BCUT2D eigenvalue weighted by Crippen LogP contribution is 2.16. The summed E-state index contributed by atoms with van der Waals surface area (Å²) >= 11 is 0. The van der Waals surface area contributed by atoms with Gasteiger partial charge >= 0.3 is 0 Å². The van der Waals surface area contributed by atoms with Crippen LogP contribution in [0.25, 0.3) is 27.9 Å². The fourth-order valence-corrected chi connectivity index (χ4v) is 2.66. The van der Waals surface area contributed by atoms with Crippen LogP contribution in [0.15, 0.2) is 83.0 Å². The Balaban J connectivity index is 1.41. The number of aromatic amines is 1. The Hall–Kier alpha value is -3.53. The maximum atomic E-state index is 4.41. The summed E-state index contributed by atoms with van der Waals surface area (Å²) in [6, 6.07) is 22.5. The number of allylic oxidation sites excluding steroid dienone is 1. The highest BCUT2D eigenvalue weighted by molar-refractivity contribution is 5.87. The second-order valence-electron chi connectivity index (χ2n) is 5.61. The van der Waals surface area contributed by atoms with Gasteiger partial charge in [-0.05, 0) is 40.6 Å². The molecule has 0 radical (unpaired) electrons. The van der Waals surface area contributed by atoms with Gasteiger partial charge in [0, 0.05) is 6.21 Å². The smallest absolute Gasteiger partial charge is 0.151 e. The molecular formula is C21H16N4. The zero-order chi connectivity index (χ0) is 16.9. The Morgan fingerprint density at radius 2 is 1.68 bits per heavy atom. The molecule has 0 spiro atoms. The Morgan fingerprint density at radius 1 is 0.840 bits per heavy atom. The third kappa shape index (κ3) is 3.53. The Bertz CT molecular complexity index is 1070. The summed E-state index contributed by atoms with van der Waals surface area (Å²) in [6.07, 6.45) is 7.15. The number of imidazole rings is 1. The summed E-state index contributed by atoms with van der Waals surface area (Å²) in [5, 5.41) is 10.5. The van der Waals surface area contributed by atoms with Crippen LogP contribution in [0.5, 0.6) is 0 Å². The van der Waals surface area contributed by atoms with E-state index in [1.807, 2.05) is 48.6 Å². The van der Waals surface area contributed by atoms with Crippen LogP contribution in [0.4, 0.5) is 0 Å². The molecule has 0 aliphatic rings. The van der Waals surface area contributed by atoms with Crippen molar-refractivity contribution in [2.45, 2.75) is 0 Å². The zero-order valence-corrected chi connectivity index (χ0v) is 13.5. The van der Waals surface area contributed by atoms with E-state index in [0.29, 0.717) is 5.82 Å². The lowest BCUT2D eigenvalue weighted by Gasteiger charge is -1.98. The second kappa shape index (κ2) is 6.93. The summed E-state index contributed by atoms with van der Waals surface area (Å²) in [5.74, 6) is 0.692. The molecule has 3 aromatic carbocycles. The lowest BCUT2D eigenvalue weighted by molar-refractivity contribution is 1.23. The van der Waals surface area contributed by atoms with Crippen LogP contribution in [0.1, 0.15) is 11.4 Å². The number of rotatable bonds is 4. The first-order chi connectivity index (χ1) is 12.4. The fraction of sp³-hybridized carbons (Fsp3) is 0. The number of hydrogen-bond acceptors (Lipinski definition) is 3. The molecule has 0 bridgehead atoms. The van der Waals surface area contributed by atoms with Crippen LogP contribution in [0, 0.1) is 0 Å². The maximum Gasteiger partial charge on any atom is 0.151 e. The monoisotopic (exact) mass is 324 g/mol. The topological polar surface area (TPSA) is 53.4 Å². The van der Waals surface area contributed by atoms with Gasteiger partial charge < -0.3 is 4.98 Å². The number of aromatic nitrogens is 2. The van der Waals surface area contributed by atoms with Crippen LogP contribution < -0.4 is 0 Å². The van der Waals surface area contributed by atoms with E-state index in [0.717, 1.165) is 16.6 Å². The largest absolute Gasteiger partial charge is 0.337 e. The molecule has 1 N–H and O–H groups in total. The average Bonchev–Trinajstić information content (AvgIpc) is 3.07. The molecule has 4 rings (SSSR count). The van der Waals surface area contributed by atoms with E-state index >= 15 is 0 Å². The molecule has 1 aromatic heterocycles. The fourth-order valence-electron chi connectivity index (χ4n) is 2.66. The van der Waals surface area contributed by atoms with Crippen molar-refractivity contribution in [1.82, 2.24) is 9.97 Å². The highest BCUT2D eigenvalue weighted by Gasteiger charge is 1.97. The van der Waals surface area contributed by atoms with Gasteiger partial charge in [0.2, 0.25) is 0 Å². The first-order valence-electron chi connectivity index (χ1n) is 8.05. The van der Waals surface area contributed by atoms with E-state index in [1.54, 1.807) is 12.4 Å². The van der Waals surface area contributed by atoms with Crippen LogP contribution in [0.3, 0.4) is 0 Å². The van der Waals surface area contributed by atoms with Gasteiger partial charge in [0.25, 0.3) is 0 Å². The molecule has 0 fully saturated rings. The molecule has 4 heteroatoms. The SMILES string of the molecule is C(=C\c1ccc2ccccc2c1)/C=N/N=C/c1nc2ccccc2[nH]1. The minimum Gasteiger partial charge on any atom is -0.337 e. The van der Waals surface area contributed by atoms with E-state index in [1.165, 1.54) is 10.8 Å². The van der Waals surface area contributed by atoms with Gasteiger partial charge in [-0.2, -0.15) is 10.2 Å². The first-order valence-corrected chi connectivity index (χ1v) is 8.05. The van der Waals surface area contributed by atoms with E-state index in [9.17, 15) is 0 Å². The van der Waals surface area contributed by atoms with Gasteiger partial charge in [-0.1, -0.05) is 54.6 Å². The van der Waals surface area contributed by atoms with Gasteiger partial charge in [0.05, 0.1) is 17.2 Å². The molecular weight excluding hydrogens is 308 g/mol. The van der Waals surface area contributed by atoms with Crippen molar-refractivity contribution in [2.75, 3.05) is 0 Å². The molecule has 0 saturated carbocycles. The van der Waals surface area contributed by atoms with E-state index < -0.39 is 0 Å². The number of nitrogens with zero attached hydrogens (tertiary/aromatic N) is 3. The molecule has 120 valence electrons. The van der Waals surface area contributed by atoms with Gasteiger partial charge in [0.1, 0.15) is 0 Å². The van der Waals surface area contributed by atoms with Crippen molar-refractivity contribution >= 4 is 40.3 Å². The molecule has 0 aliphatic carbocycles. The molecule has 0 saturated heterocycles. The summed E-state index contributed by atoms with van der Waals surface area (Å²) in [7, 11) is 0. The predicted octanol–water partition coefficient (Wildman–Crippen LogP) is 4.83. The molecule has 4 aromatic rings. The lowest BCUT2D eigenvalue weighted by Crippen LogP contribution is -1.82. The van der Waals surface area contributed by atoms with Gasteiger partial charge in [-0.15, -0.1) is 0 Å². The molecule has 1 heterocycles. The normalized spacial score (nSPS) is 12.3. The minimum atomic E-state index is 0.692. The Kier molecular flexibility index (Phi) is 4.16. The van der Waals surface area contributed by atoms with E-state index in [-0.39, 0.29) is 0 Å². The van der Waals surface area contributed by atoms with Crippen LogP contribution >= 0.6 is 0 Å². The van der Waals surface area contributed by atoms with Crippen molar-refractivity contribution < 1.29 is 0 Å². The number of benzene rings is 3. The molecule has 4 nitrogen and oxygen atoms in total. The lowest BCUT2D eigenvalue weighted by atomic mass is 10.1. The van der Waals surface area contributed by atoms with Gasteiger partial charge in [-0.25, -0.2) is 4.98 Å². The van der Waals surface area contributed by atoms with Crippen molar-refractivity contribution in [3.8, 4) is 0 Å². The second-order valence-corrected chi connectivity index (χ2v) is 5.61. The molecule has 0 unspecified atom stereocenters. The standard InChI is InChI=1S/C21H16N4/c1-2-8-18-14-16(11-12-17(18)7-1)6-5-13-22-23-15-21-24-19-9-3-4-10-20(19)25-21/h1-15H,(H,24,25)/b6-5+,22-13+,23-15+. The van der Waals surface area contributed by atoms with Gasteiger partial charge in [-0.3, -0.25) is 0 Å². The number of fused-ring (bicyclic) bond motifs is 2. The molecule has 25 heavy (non-hydrogen) atoms. The van der Waals surface area contributed by atoms with Crippen molar-refractivity contribution in [2.24, 2.45) is 10.2 Å².